The lowest BCUT2D eigenvalue weighted by atomic mass is 9.79. The molecule has 4 fully saturated rings. The van der Waals surface area contributed by atoms with Crippen molar-refractivity contribution in [2.24, 2.45) is 0 Å². The van der Waals surface area contributed by atoms with E-state index in [0.29, 0.717) is 62.4 Å². The lowest BCUT2D eigenvalue weighted by molar-refractivity contribution is -0.147. The highest BCUT2D eigenvalue weighted by atomic mass is 19.3. The number of amides is 2. The molecule has 0 spiro atoms. The van der Waals surface area contributed by atoms with Crippen molar-refractivity contribution in [3.8, 4) is 0 Å². The predicted octanol–water partition coefficient (Wildman–Crippen LogP) is 4.46. The van der Waals surface area contributed by atoms with Crippen LogP contribution in [0.15, 0.2) is 4.52 Å². The Kier molecular flexibility index (Phi) is 7.29. The van der Waals surface area contributed by atoms with Gasteiger partial charge in [0.1, 0.15) is 6.04 Å². The first-order valence-electron chi connectivity index (χ1n) is 13.8. The van der Waals surface area contributed by atoms with Crippen molar-refractivity contribution in [3.63, 3.8) is 0 Å². The molecule has 5 rings (SSSR count). The van der Waals surface area contributed by atoms with Crippen LogP contribution in [0.2, 0.25) is 0 Å². The number of likely N-dealkylation sites (tertiary alicyclic amines) is 2. The third-order valence-corrected chi connectivity index (χ3v) is 8.74. The van der Waals surface area contributed by atoms with Gasteiger partial charge in [0.2, 0.25) is 5.89 Å². The molecule has 2 atom stereocenters. The summed E-state index contributed by atoms with van der Waals surface area (Å²) in [6.07, 6.45) is 5.23. The second-order valence-corrected chi connectivity index (χ2v) is 11.9. The molecule has 1 unspecified atom stereocenters. The number of hydrogen-bond donors (Lipinski definition) is 1. The maximum absolute atomic E-state index is 15.0. The normalized spacial score (nSPS) is 29.4. The van der Waals surface area contributed by atoms with Crippen LogP contribution in [-0.4, -0.2) is 82.4 Å². The van der Waals surface area contributed by atoms with E-state index in [0.717, 1.165) is 38.8 Å². The van der Waals surface area contributed by atoms with Gasteiger partial charge in [-0.1, -0.05) is 12.1 Å². The maximum atomic E-state index is 15.0. The minimum atomic E-state index is -2.98. The van der Waals surface area contributed by atoms with Crippen LogP contribution in [0.1, 0.15) is 96.2 Å². The van der Waals surface area contributed by atoms with E-state index < -0.39 is 24.1 Å². The van der Waals surface area contributed by atoms with Crippen molar-refractivity contribution in [1.29, 1.82) is 0 Å². The van der Waals surface area contributed by atoms with E-state index in [9.17, 15) is 4.79 Å². The summed E-state index contributed by atoms with van der Waals surface area (Å²) >= 11 is 0. The summed E-state index contributed by atoms with van der Waals surface area (Å²) in [5, 5.41) is 6.90. The molecular formula is C26H41F2N5O3. The molecule has 2 aliphatic carbocycles. The molecule has 2 aliphatic heterocycles. The number of carbonyl (C=O) groups is 1. The van der Waals surface area contributed by atoms with Crippen molar-refractivity contribution in [1.82, 2.24) is 25.3 Å². The molecule has 0 aromatic carbocycles. The Labute approximate surface area is 212 Å². The Balaban J connectivity index is 1.17. The van der Waals surface area contributed by atoms with Gasteiger partial charge in [0.05, 0.1) is 12.2 Å². The summed E-state index contributed by atoms with van der Waals surface area (Å²) in [7, 11) is 0. The van der Waals surface area contributed by atoms with Gasteiger partial charge in [-0.2, -0.15) is 4.98 Å². The highest BCUT2D eigenvalue weighted by Gasteiger charge is 2.50. The molecule has 1 aromatic heterocycles. The van der Waals surface area contributed by atoms with Gasteiger partial charge >= 0.3 is 6.03 Å². The molecule has 3 heterocycles. The van der Waals surface area contributed by atoms with E-state index in [2.05, 4.69) is 41.1 Å². The summed E-state index contributed by atoms with van der Waals surface area (Å²) < 4.78 is 41.8. The van der Waals surface area contributed by atoms with Crippen LogP contribution >= 0.6 is 0 Å². The minimum Gasteiger partial charge on any atom is -0.373 e. The lowest BCUT2D eigenvalue weighted by Crippen LogP contribution is -2.61. The van der Waals surface area contributed by atoms with Gasteiger partial charge in [-0.05, 0) is 65.2 Å². The van der Waals surface area contributed by atoms with E-state index in [1.807, 2.05) is 0 Å². The average molecular weight is 510 g/mol. The van der Waals surface area contributed by atoms with Crippen molar-refractivity contribution in [2.45, 2.75) is 120 Å². The first-order chi connectivity index (χ1) is 17.1. The molecular weight excluding hydrogens is 468 g/mol. The molecule has 1 N–H and O–H groups in total. The Morgan fingerprint density at radius 2 is 1.78 bits per heavy atom. The average Bonchev–Trinajstić information content (AvgIpc) is 3.57. The van der Waals surface area contributed by atoms with Gasteiger partial charge in [-0.3, -0.25) is 0 Å². The van der Waals surface area contributed by atoms with Crippen LogP contribution in [0.3, 0.4) is 0 Å². The van der Waals surface area contributed by atoms with E-state index in [1.165, 1.54) is 0 Å². The highest BCUT2D eigenvalue weighted by molar-refractivity contribution is 5.75. The molecule has 2 saturated carbocycles. The van der Waals surface area contributed by atoms with Gasteiger partial charge in [0.15, 0.2) is 5.82 Å². The van der Waals surface area contributed by atoms with E-state index in [1.54, 1.807) is 4.90 Å². The predicted molar refractivity (Wildman–Crippen MR) is 130 cm³/mol. The number of rotatable bonds is 6. The quantitative estimate of drug-likeness (QED) is 0.610. The number of halogens is 2. The minimum absolute atomic E-state index is 0.0375. The second kappa shape index (κ2) is 10.2. The van der Waals surface area contributed by atoms with Gasteiger partial charge in [-0.15, -0.1) is 0 Å². The number of ether oxygens (including phenoxy) is 1. The van der Waals surface area contributed by atoms with Crippen LogP contribution in [0, 0.1) is 0 Å². The Hall–Kier alpha value is -1.81. The summed E-state index contributed by atoms with van der Waals surface area (Å²) in [5.41, 5.74) is -0.279. The summed E-state index contributed by atoms with van der Waals surface area (Å²) in [4.78, 5) is 21.8. The molecule has 4 aliphatic rings. The number of piperidine rings is 2. The number of hydrogen-bond acceptors (Lipinski definition) is 6. The van der Waals surface area contributed by atoms with Gasteiger partial charge < -0.3 is 24.4 Å². The van der Waals surface area contributed by atoms with Crippen molar-refractivity contribution >= 4 is 6.03 Å². The first kappa shape index (κ1) is 25.8. The van der Waals surface area contributed by atoms with Crippen molar-refractivity contribution in [3.05, 3.63) is 11.7 Å². The fourth-order valence-electron chi connectivity index (χ4n) is 5.88. The largest absolute Gasteiger partial charge is 0.373 e. The molecule has 202 valence electrons. The number of carbonyl (C=O) groups excluding carboxylic acids is 1. The van der Waals surface area contributed by atoms with Crippen LogP contribution in [0.5, 0.6) is 0 Å². The number of nitrogens with zero attached hydrogens (tertiary/aromatic N) is 4. The molecule has 10 heteroatoms. The number of aromatic nitrogens is 2. The fraction of sp³-hybridized carbons (Fsp3) is 0.885. The Morgan fingerprint density at radius 1 is 1.08 bits per heavy atom. The summed E-state index contributed by atoms with van der Waals surface area (Å²) in [5.74, 6) is -1.17. The first-order valence-corrected chi connectivity index (χ1v) is 13.8. The molecule has 1 aromatic rings. The van der Waals surface area contributed by atoms with Crippen LogP contribution in [-0.2, 0) is 10.2 Å². The van der Waals surface area contributed by atoms with Crippen LogP contribution < -0.4 is 5.32 Å². The second-order valence-electron chi connectivity index (χ2n) is 11.9. The van der Waals surface area contributed by atoms with E-state index in [-0.39, 0.29) is 17.9 Å². The Morgan fingerprint density at radius 3 is 2.42 bits per heavy atom. The smallest absolute Gasteiger partial charge is 0.317 e. The zero-order valence-electron chi connectivity index (χ0n) is 21.8. The molecule has 0 bridgehead atoms. The third kappa shape index (κ3) is 5.54. The number of nitrogens with one attached hydrogen (secondary N) is 1. The fourth-order valence-corrected chi connectivity index (χ4v) is 5.88. The number of urea groups is 1. The zero-order valence-corrected chi connectivity index (χ0v) is 21.8. The molecule has 36 heavy (non-hydrogen) atoms. The third-order valence-electron chi connectivity index (χ3n) is 8.74. The molecule has 0 radical (unpaired) electrons. The van der Waals surface area contributed by atoms with E-state index in [4.69, 9.17) is 9.26 Å². The van der Waals surface area contributed by atoms with Crippen molar-refractivity contribution < 1.29 is 22.8 Å². The Bertz CT molecular complexity index is 905. The standard InChI is InChI=1S/C26H41F2N5O3/c1-17(2)32-13-8-19(9-14-32)35-20-5-4-10-26(27,28)21(20)29-24(34)33-15-11-25(3,12-16-33)23-30-22(36-31-23)18-6-7-18/h17-21H,4-16H2,1-3H3,(H,29,34)/t20-,21?/m0/s1. The van der Waals surface area contributed by atoms with Gasteiger partial charge in [-0.25, -0.2) is 13.6 Å². The van der Waals surface area contributed by atoms with Crippen LogP contribution in [0.25, 0.3) is 0 Å². The monoisotopic (exact) mass is 509 g/mol. The molecule has 2 amide bonds. The zero-order chi connectivity index (χ0) is 25.5. The van der Waals surface area contributed by atoms with E-state index >= 15 is 8.78 Å². The van der Waals surface area contributed by atoms with Gasteiger partial charge in [0, 0.05) is 50.0 Å². The SMILES string of the molecule is CC(C)N1CCC(O[C@H]2CCCC(F)(F)C2NC(=O)N2CCC(C)(c3noc(C4CC4)n3)CC2)CC1. The van der Waals surface area contributed by atoms with Gasteiger partial charge in [0.25, 0.3) is 5.92 Å². The maximum Gasteiger partial charge on any atom is 0.317 e. The highest BCUT2D eigenvalue weighted by Crippen LogP contribution is 2.41. The molecule has 2 saturated heterocycles. The van der Waals surface area contributed by atoms with Crippen molar-refractivity contribution in [2.75, 3.05) is 26.2 Å². The number of alkyl halides is 2. The topological polar surface area (TPSA) is 83.7 Å². The summed E-state index contributed by atoms with van der Waals surface area (Å²) in [6.45, 7) is 9.19. The lowest BCUT2D eigenvalue weighted by Gasteiger charge is -2.43. The summed E-state index contributed by atoms with van der Waals surface area (Å²) in [6, 6.07) is -1.25. The van der Waals surface area contributed by atoms with Crippen LogP contribution in [0.4, 0.5) is 13.6 Å². The molecule has 8 nitrogen and oxygen atoms in total.